The fourth-order valence-corrected chi connectivity index (χ4v) is 3.09. The lowest BCUT2D eigenvalue weighted by Gasteiger charge is -2.20. The van der Waals surface area contributed by atoms with Gasteiger partial charge in [0.1, 0.15) is 5.65 Å². The minimum Gasteiger partial charge on any atom is -0.296 e. The number of hydrogen-bond acceptors (Lipinski definition) is 3. The first-order chi connectivity index (χ1) is 12.2. The van der Waals surface area contributed by atoms with Gasteiger partial charge in [0.2, 0.25) is 0 Å². The Labute approximate surface area is 155 Å². The Morgan fingerprint density at radius 3 is 2.38 bits per heavy atom. The van der Waals surface area contributed by atoms with Crippen LogP contribution in [0.5, 0.6) is 0 Å². The van der Waals surface area contributed by atoms with Crippen LogP contribution >= 0.6 is 0 Å². The summed E-state index contributed by atoms with van der Waals surface area (Å²) < 4.78 is 1.60. The first kappa shape index (κ1) is 18.3. The second-order valence-corrected chi connectivity index (χ2v) is 8.14. The highest BCUT2D eigenvalue weighted by atomic mass is 16.1. The Morgan fingerprint density at radius 1 is 1.04 bits per heavy atom. The first-order valence-corrected chi connectivity index (χ1v) is 8.99. The van der Waals surface area contributed by atoms with Gasteiger partial charge in [0, 0.05) is 25.4 Å². The van der Waals surface area contributed by atoms with E-state index in [1.807, 2.05) is 25.3 Å². The summed E-state index contributed by atoms with van der Waals surface area (Å²) in [5.41, 5.74) is 5.27. The quantitative estimate of drug-likeness (QED) is 0.716. The number of rotatable bonds is 4. The molecule has 0 atom stereocenters. The lowest BCUT2D eigenvalue weighted by molar-refractivity contribution is 0.315. The largest absolute Gasteiger partial charge is 0.296 e. The van der Waals surface area contributed by atoms with Gasteiger partial charge in [-0.15, -0.1) is 0 Å². The zero-order valence-corrected chi connectivity index (χ0v) is 16.3. The van der Waals surface area contributed by atoms with E-state index < -0.39 is 0 Å². The van der Waals surface area contributed by atoms with Crippen molar-refractivity contribution in [3.63, 3.8) is 0 Å². The van der Waals surface area contributed by atoms with Gasteiger partial charge in [-0.05, 0) is 42.1 Å². The number of hydrogen-bond donors (Lipinski definition) is 0. The summed E-state index contributed by atoms with van der Waals surface area (Å²) in [5.74, 6) is 0. The van der Waals surface area contributed by atoms with Crippen molar-refractivity contribution >= 4 is 5.65 Å². The van der Waals surface area contributed by atoms with Gasteiger partial charge in [-0.25, -0.2) is 4.98 Å². The van der Waals surface area contributed by atoms with Crippen molar-refractivity contribution in [3.05, 3.63) is 81.4 Å². The Kier molecular flexibility index (Phi) is 4.97. The minimum atomic E-state index is -0.0309. The van der Waals surface area contributed by atoms with E-state index >= 15 is 0 Å². The summed E-state index contributed by atoms with van der Waals surface area (Å²) in [7, 11) is 2.05. The van der Waals surface area contributed by atoms with Crippen LogP contribution in [0.4, 0.5) is 0 Å². The van der Waals surface area contributed by atoms with Gasteiger partial charge >= 0.3 is 0 Å². The standard InChI is InChI=1S/C22H27N3O/c1-16-6-11-20-23-19(12-21(26)25(20)13-16)15-24(5)14-17-7-9-18(10-8-17)22(2,3)4/h6-13H,14-15H2,1-5H3. The molecule has 2 heterocycles. The molecule has 0 radical (unpaired) electrons. The fraction of sp³-hybridized carbons (Fsp3) is 0.364. The highest BCUT2D eigenvalue weighted by Crippen LogP contribution is 2.22. The van der Waals surface area contributed by atoms with Crippen LogP contribution in [0.3, 0.4) is 0 Å². The molecule has 4 nitrogen and oxygen atoms in total. The molecule has 0 aliphatic carbocycles. The van der Waals surface area contributed by atoms with E-state index in [4.69, 9.17) is 0 Å². The average Bonchev–Trinajstić information content (AvgIpc) is 2.55. The molecule has 0 spiro atoms. The lowest BCUT2D eigenvalue weighted by Crippen LogP contribution is -2.22. The average molecular weight is 349 g/mol. The van der Waals surface area contributed by atoms with Crippen LogP contribution in [0.15, 0.2) is 53.5 Å². The molecule has 0 unspecified atom stereocenters. The van der Waals surface area contributed by atoms with Gasteiger partial charge in [-0.2, -0.15) is 0 Å². The third-order valence-electron chi connectivity index (χ3n) is 4.56. The zero-order chi connectivity index (χ0) is 18.9. The second-order valence-electron chi connectivity index (χ2n) is 8.14. The zero-order valence-electron chi connectivity index (χ0n) is 16.3. The lowest BCUT2D eigenvalue weighted by atomic mass is 9.87. The van der Waals surface area contributed by atoms with Crippen molar-refractivity contribution in [2.75, 3.05) is 7.05 Å². The summed E-state index contributed by atoms with van der Waals surface area (Å²) in [6, 6.07) is 14.3. The molecule has 0 saturated carbocycles. The maximum absolute atomic E-state index is 12.3. The predicted molar refractivity (Wildman–Crippen MR) is 107 cm³/mol. The SMILES string of the molecule is Cc1ccc2nc(CN(C)Cc3ccc(C(C)(C)C)cc3)cc(=O)n2c1. The molecule has 3 rings (SSSR count). The van der Waals surface area contributed by atoms with Gasteiger partial charge in [0.25, 0.3) is 5.56 Å². The molecule has 4 heteroatoms. The van der Waals surface area contributed by atoms with Crippen molar-refractivity contribution in [1.29, 1.82) is 0 Å². The van der Waals surface area contributed by atoms with Crippen molar-refractivity contribution in [2.45, 2.75) is 46.2 Å². The summed E-state index contributed by atoms with van der Waals surface area (Å²) in [4.78, 5) is 19.1. The molecule has 0 bridgehead atoms. The number of fused-ring (bicyclic) bond motifs is 1. The Bertz CT molecular complexity index is 965. The summed E-state index contributed by atoms with van der Waals surface area (Å²) in [6.45, 7) is 10.1. The molecule has 0 fully saturated rings. The van der Waals surface area contributed by atoms with Gasteiger partial charge in [-0.3, -0.25) is 14.1 Å². The van der Waals surface area contributed by atoms with E-state index in [0.29, 0.717) is 12.2 Å². The van der Waals surface area contributed by atoms with Crippen molar-refractivity contribution < 1.29 is 0 Å². The third-order valence-corrected chi connectivity index (χ3v) is 4.56. The number of pyridine rings is 1. The Morgan fingerprint density at radius 2 is 1.73 bits per heavy atom. The van der Waals surface area contributed by atoms with Gasteiger partial charge in [-0.1, -0.05) is 51.1 Å². The topological polar surface area (TPSA) is 37.6 Å². The number of aromatic nitrogens is 2. The molecule has 1 aromatic carbocycles. The number of nitrogens with zero attached hydrogens (tertiary/aromatic N) is 3. The molecule has 0 aliphatic heterocycles. The van der Waals surface area contributed by atoms with E-state index in [-0.39, 0.29) is 11.0 Å². The van der Waals surface area contributed by atoms with Gasteiger partial charge in [0.05, 0.1) is 5.69 Å². The fourth-order valence-electron chi connectivity index (χ4n) is 3.09. The molecule has 0 aliphatic rings. The summed E-state index contributed by atoms with van der Waals surface area (Å²) in [5, 5.41) is 0. The third kappa shape index (κ3) is 4.20. The maximum atomic E-state index is 12.3. The molecular formula is C22H27N3O. The van der Waals surface area contributed by atoms with Gasteiger partial charge < -0.3 is 0 Å². The van der Waals surface area contributed by atoms with E-state index in [0.717, 1.165) is 17.8 Å². The van der Waals surface area contributed by atoms with Crippen LogP contribution in [0.25, 0.3) is 5.65 Å². The van der Waals surface area contributed by atoms with Crippen molar-refractivity contribution in [1.82, 2.24) is 14.3 Å². The van der Waals surface area contributed by atoms with E-state index in [1.54, 1.807) is 10.5 Å². The summed E-state index contributed by atoms with van der Waals surface area (Å²) in [6.07, 6.45) is 1.83. The monoisotopic (exact) mass is 349 g/mol. The van der Waals surface area contributed by atoms with Crippen LogP contribution in [-0.2, 0) is 18.5 Å². The number of benzene rings is 1. The van der Waals surface area contributed by atoms with Crippen LogP contribution in [0.1, 0.15) is 43.2 Å². The van der Waals surface area contributed by atoms with E-state index in [2.05, 4.69) is 62.0 Å². The highest BCUT2D eigenvalue weighted by molar-refractivity contribution is 5.40. The molecule has 0 amide bonds. The highest BCUT2D eigenvalue weighted by Gasteiger charge is 2.13. The van der Waals surface area contributed by atoms with E-state index in [9.17, 15) is 4.79 Å². The molecule has 0 saturated heterocycles. The van der Waals surface area contributed by atoms with Crippen LogP contribution < -0.4 is 5.56 Å². The Balaban J connectivity index is 1.74. The number of aryl methyl sites for hydroxylation is 1. The molecule has 136 valence electrons. The van der Waals surface area contributed by atoms with Gasteiger partial charge in [0.15, 0.2) is 0 Å². The Hall–Kier alpha value is -2.46. The normalized spacial score (nSPS) is 12.1. The van der Waals surface area contributed by atoms with Crippen LogP contribution in [0.2, 0.25) is 0 Å². The second kappa shape index (κ2) is 7.04. The van der Waals surface area contributed by atoms with Crippen LogP contribution in [0, 0.1) is 6.92 Å². The first-order valence-electron chi connectivity index (χ1n) is 8.99. The molecule has 2 aromatic heterocycles. The smallest absolute Gasteiger partial charge is 0.258 e. The molecule has 0 N–H and O–H groups in total. The molecule has 3 aromatic rings. The minimum absolute atomic E-state index is 0.0309. The van der Waals surface area contributed by atoms with E-state index in [1.165, 1.54) is 11.1 Å². The van der Waals surface area contributed by atoms with Crippen molar-refractivity contribution in [2.24, 2.45) is 0 Å². The maximum Gasteiger partial charge on any atom is 0.258 e. The summed E-state index contributed by atoms with van der Waals surface area (Å²) >= 11 is 0. The molecule has 26 heavy (non-hydrogen) atoms. The molecular weight excluding hydrogens is 322 g/mol. The van der Waals surface area contributed by atoms with Crippen molar-refractivity contribution in [3.8, 4) is 0 Å². The predicted octanol–water partition coefficient (Wildman–Crippen LogP) is 3.93. The van der Waals surface area contributed by atoms with Crippen LogP contribution in [-0.4, -0.2) is 21.3 Å².